The van der Waals surface area contributed by atoms with Gasteiger partial charge in [0.05, 0.1) is 5.69 Å². The molecule has 1 aromatic heterocycles. The Morgan fingerprint density at radius 1 is 1.57 bits per heavy atom. The molecule has 1 aromatic rings. The van der Waals surface area contributed by atoms with E-state index in [0.717, 1.165) is 19.6 Å². The molecule has 2 heterocycles. The molecule has 78 valence electrons. The highest BCUT2D eigenvalue weighted by Crippen LogP contribution is 2.14. The maximum atomic E-state index is 5.73. The van der Waals surface area contributed by atoms with E-state index in [9.17, 15) is 0 Å². The molecule has 1 saturated heterocycles. The second-order valence-electron chi connectivity index (χ2n) is 4.32. The Morgan fingerprint density at radius 3 is 2.86 bits per heavy atom. The summed E-state index contributed by atoms with van der Waals surface area (Å²) in [6.07, 6.45) is 1.87. The smallest absolute Gasteiger partial charge is 0.0527 e. The molecule has 1 fully saturated rings. The molecule has 0 radical (unpaired) electrons. The van der Waals surface area contributed by atoms with E-state index in [2.05, 4.69) is 34.6 Å². The predicted octanol–water partition coefficient (Wildman–Crippen LogP) is 0.607. The van der Waals surface area contributed by atoms with Crippen LogP contribution in [-0.2, 0) is 6.54 Å². The Morgan fingerprint density at radius 2 is 2.29 bits per heavy atom. The number of hydrogen-bond donors (Lipinski definition) is 1. The highest BCUT2D eigenvalue weighted by Gasteiger charge is 2.23. The van der Waals surface area contributed by atoms with Gasteiger partial charge < -0.3 is 5.73 Å². The minimum Gasteiger partial charge on any atom is -0.325 e. The van der Waals surface area contributed by atoms with Crippen LogP contribution in [-0.4, -0.2) is 33.8 Å². The van der Waals surface area contributed by atoms with Crippen LogP contribution in [0.3, 0.4) is 0 Å². The summed E-state index contributed by atoms with van der Waals surface area (Å²) in [7, 11) is 0. The van der Waals surface area contributed by atoms with E-state index in [1.807, 2.05) is 6.20 Å². The zero-order valence-corrected chi connectivity index (χ0v) is 8.85. The second kappa shape index (κ2) is 3.71. The molecule has 4 nitrogen and oxygen atoms in total. The first-order valence-electron chi connectivity index (χ1n) is 5.17. The van der Waals surface area contributed by atoms with Gasteiger partial charge in [-0.1, -0.05) is 0 Å². The van der Waals surface area contributed by atoms with Crippen LogP contribution in [0.1, 0.15) is 25.6 Å². The van der Waals surface area contributed by atoms with Crippen LogP contribution in [0.25, 0.3) is 0 Å². The van der Waals surface area contributed by atoms with Crippen molar-refractivity contribution in [3.63, 3.8) is 0 Å². The summed E-state index contributed by atoms with van der Waals surface area (Å²) < 4.78 is 2.07. The largest absolute Gasteiger partial charge is 0.325 e. The monoisotopic (exact) mass is 194 g/mol. The molecule has 0 atom stereocenters. The molecule has 0 bridgehead atoms. The van der Waals surface area contributed by atoms with Gasteiger partial charge in [0.25, 0.3) is 0 Å². The number of aromatic nitrogens is 2. The summed E-state index contributed by atoms with van der Waals surface area (Å²) in [4.78, 5) is 2.35. The number of hydrogen-bond acceptors (Lipinski definition) is 3. The molecule has 1 aliphatic rings. The Labute approximate surface area is 84.7 Å². The first kappa shape index (κ1) is 9.68. The third kappa shape index (κ3) is 1.81. The van der Waals surface area contributed by atoms with Crippen LogP contribution in [0.4, 0.5) is 0 Å². The van der Waals surface area contributed by atoms with Gasteiger partial charge >= 0.3 is 0 Å². The lowest BCUT2D eigenvalue weighted by atomic mass is 10.1. The first-order valence-corrected chi connectivity index (χ1v) is 5.17. The van der Waals surface area contributed by atoms with E-state index in [1.54, 1.807) is 0 Å². The van der Waals surface area contributed by atoms with Gasteiger partial charge in [-0.15, -0.1) is 0 Å². The van der Waals surface area contributed by atoms with Crippen molar-refractivity contribution in [2.45, 2.75) is 32.5 Å². The zero-order chi connectivity index (χ0) is 10.1. The molecule has 0 aliphatic carbocycles. The quantitative estimate of drug-likeness (QED) is 0.766. The van der Waals surface area contributed by atoms with Gasteiger partial charge in [0.15, 0.2) is 0 Å². The molecular weight excluding hydrogens is 176 g/mol. The topological polar surface area (TPSA) is 47.1 Å². The SMILES string of the molecule is CC(C)n1nccc1CN1CC(N)C1. The van der Waals surface area contributed by atoms with Crippen molar-refractivity contribution < 1.29 is 0 Å². The summed E-state index contributed by atoms with van der Waals surface area (Å²) in [5.41, 5.74) is 7.02. The molecule has 0 aromatic carbocycles. The number of rotatable bonds is 3. The third-order valence-electron chi connectivity index (χ3n) is 2.61. The average molecular weight is 194 g/mol. The van der Waals surface area contributed by atoms with Gasteiger partial charge in [-0.25, -0.2) is 0 Å². The highest BCUT2D eigenvalue weighted by molar-refractivity contribution is 5.03. The lowest BCUT2D eigenvalue weighted by Crippen LogP contribution is -2.55. The summed E-state index contributed by atoms with van der Waals surface area (Å²) >= 11 is 0. The van der Waals surface area contributed by atoms with Gasteiger partial charge in [-0.05, 0) is 19.9 Å². The third-order valence-corrected chi connectivity index (χ3v) is 2.61. The molecular formula is C10H18N4. The van der Waals surface area contributed by atoms with Gasteiger partial charge in [0.1, 0.15) is 0 Å². The van der Waals surface area contributed by atoms with Gasteiger partial charge in [-0.2, -0.15) is 5.10 Å². The predicted molar refractivity (Wildman–Crippen MR) is 55.9 cm³/mol. The minimum atomic E-state index is 0.380. The van der Waals surface area contributed by atoms with Crippen molar-refractivity contribution in [3.8, 4) is 0 Å². The van der Waals surface area contributed by atoms with Gasteiger partial charge in [-0.3, -0.25) is 9.58 Å². The second-order valence-corrected chi connectivity index (χ2v) is 4.32. The van der Waals surface area contributed by atoms with Crippen LogP contribution in [0.5, 0.6) is 0 Å². The van der Waals surface area contributed by atoms with E-state index >= 15 is 0 Å². The molecule has 1 aliphatic heterocycles. The van der Waals surface area contributed by atoms with Crippen LogP contribution in [0.2, 0.25) is 0 Å². The molecule has 0 spiro atoms. The Hall–Kier alpha value is -0.870. The Bertz CT molecular complexity index is 299. The van der Waals surface area contributed by atoms with E-state index < -0.39 is 0 Å². The first-order chi connectivity index (χ1) is 6.66. The fraction of sp³-hybridized carbons (Fsp3) is 0.700. The van der Waals surface area contributed by atoms with Crippen LogP contribution in [0, 0.1) is 0 Å². The van der Waals surface area contributed by atoms with E-state index in [4.69, 9.17) is 5.73 Å². The number of nitrogens with zero attached hydrogens (tertiary/aromatic N) is 3. The van der Waals surface area contributed by atoms with Gasteiger partial charge in [0, 0.05) is 37.9 Å². The molecule has 2 rings (SSSR count). The number of likely N-dealkylation sites (tertiary alicyclic amines) is 1. The van der Waals surface area contributed by atoms with Crippen molar-refractivity contribution in [2.75, 3.05) is 13.1 Å². The fourth-order valence-corrected chi connectivity index (χ4v) is 1.90. The van der Waals surface area contributed by atoms with Crippen LogP contribution < -0.4 is 5.73 Å². The Balaban J connectivity index is 1.98. The molecule has 4 heteroatoms. The Kier molecular flexibility index (Phi) is 2.56. The highest BCUT2D eigenvalue weighted by atomic mass is 15.3. The molecule has 0 saturated carbocycles. The number of nitrogens with two attached hydrogens (primary N) is 1. The van der Waals surface area contributed by atoms with E-state index in [1.165, 1.54) is 5.69 Å². The maximum absolute atomic E-state index is 5.73. The van der Waals surface area contributed by atoms with Crippen molar-refractivity contribution in [3.05, 3.63) is 18.0 Å². The van der Waals surface area contributed by atoms with Crippen molar-refractivity contribution >= 4 is 0 Å². The van der Waals surface area contributed by atoms with Crippen LogP contribution in [0.15, 0.2) is 12.3 Å². The van der Waals surface area contributed by atoms with Crippen LogP contribution >= 0.6 is 0 Å². The fourth-order valence-electron chi connectivity index (χ4n) is 1.90. The summed E-state index contributed by atoms with van der Waals surface area (Å²) in [6.45, 7) is 7.31. The van der Waals surface area contributed by atoms with E-state index in [0.29, 0.717) is 12.1 Å². The van der Waals surface area contributed by atoms with Crippen molar-refractivity contribution in [1.29, 1.82) is 0 Å². The van der Waals surface area contributed by atoms with Crippen molar-refractivity contribution in [1.82, 2.24) is 14.7 Å². The average Bonchev–Trinajstić information content (AvgIpc) is 2.49. The lowest BCUT2D eigenvalue weighted by molar-refractivity contribution is 0.137. The summed E-state index contributed by atoms with van der Waals surface area (Å²) in [5.74, 6) is 0. The lowest BCUT2D eigenvalue weighted by Gasteiger charge is -2.36. The zero-order valence-electron chi connectivity index (χ0n) is 8.85. The molecule has 14 heavy (non-hydrogen) atoms. The maximum Gasteiger partial charge on any atom is 0.0527 e. The standard InChI is InChI=1S/C10H18N4/c1-8(2)14-10(3-4-12-14)7-13-5-9(11)6-13/h3-4,8-9H,5-7,11H2,1-2H3. The summed E-state index contributed by atoms with van der Waals surface area (Å²) in [6, 6.07) is 2.91. The molecule has 0 unspecified atom stereocenters. The minimum absolute atomic E-state index is 0.380. The normalized spacial score (nSPS) is 18.9. The molecule has 2 N–H and O–H groups in total. The summed E-state index contributed by atoms with van der Waals surface area (Å²) in [5, 5.41) is 4.30. The molecule has 0 amide bonds. The van der Waals surface area contributed by atoms with Crippen molar-refractivity contribution in [2.24, 2.45) is 5.73 Å². The van der Waals surface area contributed by atoms with E-state index in [-0.39, 0.29) is 0 Å². The van der Waals surface area contributed by atoms with Gasteiger partial charge in [0.2, 0.25) is 0 Å².